The van der Waals surface area contributed by atoms with E-state index in [2.05, 4.69) is 43.5 Å². The molecule has 0 radical (unpaired) electrons. The van der Waals surface area contributed by atoms with Gasteiger partial charge in [0, 0.05) is 90.1 Å². The lowest BCUT2D eigenvalue weighted by Gasteiger charge is -2.15. The normalized spacial score (nSPS) is 11.5. The van der Waals surface area contributed by atoms with Gasteiger partial charge in [-0.2, -0.15) is 0 Å². The predicted octanol–water partition coefficient (Wildman–Crippen LogP) is 3.31. The fourth-order valence-electron chi connectivity index (χ4n) is 4.45. The average Bonchev–Trinajstić information content (AvgIpc) is 3.56. The molecule has 0 fully saturated rings. The van der Waals surface area contributed by atoms with E-state index in [-0.39, 0.29) is 46.1 Å². The number of ether oxygens (including phenoxy) is 1. The molecule has 0 saturated heterocycles. The number of rotatable bonds is 17. The first kappa shape index (κ1) is 36.8. The van der Waals surface area contributed by atoms with E-state index in [1.807, 2.05) is 6.07 Å². The van der Waals surface area contributed by atoms with Gasteiger partial charge in [-0.15, -0.1) is 0 Å². The van der Waals surface area contributed by atoms with Crippen molar-refractivity contribution in [1.82, 2.24) is 24.1 Å². The van der Waals surface area contributed by atoms with Crippen LogP contribution in [0.5, 0.6) is 5.75 Å². The van der Waals surface area contributed by atoms with Crippen LogP contribution in [0.2, 0.25) is 0 Å². The smallest absolute Gasteiger partial charge is 0.345 e. The second-order valence-corrected chi connectivity index (χ2v) is 13.5. The zero-order valence-corrected chi connectivity index (χ0v) is 30.7. The first-order valence-corrected chi connectivity index (χ1v) is 17.6. The van der Waals surface area contributed by atoms with E-state index >= 15 is 0 Å². The van der Waals surface area contributed by atoms with Crippen LogP contribution in [0.3, 0.4) is 0 Å². The first-order valence-electron chi connectivity index (χ1n) is 14.7. The van der Waals surface area contributed by atoms with Crippen LogP contribution in [0.1, 0.15) is 45.7 Å². The molecule has 2 amide bonds. The maximum absolute atomic E-state index is 12.7. The van der Waals surface area contributed by atoms with Crippen LogP contribution < -0.4 is 31.2 Å². The summed E-state index contributed by atoms with van der Waals surface area (Å²) in [7, 11) is 1.41. The summed E-state index contributed by atoms with van der Waals surface area (Å²) in [5.74, 6) is -1.69. The van der Waals surface area contributed by atoms with Crippen LogP contribution in [-0.2, 0) is 23.1 Å². The quantitative estimate of drug-likeness (QED) is 0.0601. The molecule has 4 rings (SSSR count). The number of carboxylic acid groups (broad SMARTS) is 1. The van der Waals surface area contributed by atoms with E-state index in [1.165, 1.54) is 11.0 Å². The monoisotopic (exact) mass is 902 g/mol. The Morgan fingerprint density at radius 2 is 1.81 bits per heavy atom. The maximum atomic E-state index is 12.7. The number of carbonyl (C=O) groups excluding carboxylic acids is 3. The van der Waals surface area contributed by atoms with Crippen LogP contribution >= 0.6 is 56.7 Å². The van der Waals surface area contributed by atoms with Gasteiger partial charge in [0.15, 0.2) is 0 Å². The number of carbonyl (C=O) groups is 4. The lowest BCUT2D eigenvalue weighted by molar-refractivity contribution is -0.139. The number of nitrogens with zero attached hydrogens (tertiary/aromatic N) is 2. The minimum absolute atomic E-state index is 0.0277. The Morgan fingerprint density at radius 1 is 1.06 bits per heavy atom. The molecule has 0 saturated carbocycles. The number of nitrogens with one attached hydrogen (secondary N) is 4. The highest BCUT2D eigenvalue weighted by Crippen LogP contribution is 2.18. The Bertz CT molecular complexity index is 1900. The number of hydrogen-bond donors (Lipinski definition) is 5. The number of aromatic amines is 1. The van der Waals surface area contributed by atoms with E-state index in [1.54, 1.807) is 71.1 Å². The fraction of sp³-hybridized carbons (Fsp3) is 0.290. The van der Waals surface area contributed by atoms with Gasteiger partial charge in [-0.05, 0) is 77.9 Å². The van der Waals surface area contributed by atoms with Gasteiger partial charge in [-0.1, -0.05) is 6.07 Å². The number of hydrogen-bond acceptors (Lipinski definition) is 9. The molecule has 1 atom stereocenters. The molecule has 0 unspecified atom stereocenters. The number of amides is 2. The average molecular weight is 903 g/mol. The molecule has 2 aromatic carbocycles. The molecule has 0 aliphatic rings. The Balaban J connectivity index is 1.15. The van der Waals surface area contributed by atoms with Crippen molar-refractivity contribution in [2.24, 2.45) is 7.05 Å². The van der Waals surface area contributed by atoms with E-state index in [9.17, 15) is 33.9 Å². The molecule has 14 nitrogen and oxygen atoms in total. The van der Waals surface area contributed by atoms with Gasteiger partial charge in [0.1, 0.15) is 11.8 Å². The Kier molecular flexibility index (Phi) is 13.4. The molecule has 4 aromatic rings. The summed E-state index contributed by atoms with van der Waals surface area (Å²) in [4.78, 5) is 75.3. The second kappa shape index (κ2) is 17.4. The number of aromatic nitrogens is 3. The van der Waals surface area contributed by atoms with Gasteiger partial charge in [0.05, 0.1) is 21.6 Å². The maximum Gasteiger partial charge on any atom is 0.345 e. The highest BCUT2D eigenvalue weighted by atomic mass is 127. The molecule has 5 N–H and O–H groups in total. The van der Waals surface area contributed by atoms with E-state index in [4.69, 9.17) is 4.74 Å². The summed E-state index contributed by atoms with van der Waals surface area (Å²) in [6, 6.07) is 13.9. The molecule has 0 bridgehead atoms. The zero-order valence-electron chi connectivity index (χ0n) is 25.6. The molecule has 48 heavy (non-hydrogen) atoms. The van der Waals surface area contributed by atoms with Crippen molar-refractivity contribution in [3.05, 3.63) is 95.3 Å². The van der Waals surface area contributed by atoms with Gasteiger partial charge in [0.2, 0.25) is 9.70 Å². The van der Waals surface area contributed by atoms with Gasteiger partial charge >= 0.3 is 16.5 Å². The molecule has 0 spiro atoms. The third-order valence-corrected chi connectivity index (χ3v) is 9.45. The summed E-state index contributed by atoms with van der Waals surface area (Å²) in [6.45, 7) is 1.14. The highest BCUT2D eigenvalue weighted by molar-refractivity contribution is 14.1. The minimum Gasteiger partial charge on any atom is -0.493 e. The van der Waals surface area contributed by atoms with Crippen molar-refractivity contribution in [2.75, 3.05) is 25.0 Å². The topological polar surface area (TPSA) is 194 Å². The first-order chi connectivity index (χ1) is 22.9. The zero-order chi connectivity index (χ0) is 34.8. The van der Waals surface area contributed by atoms with Crippen molar-refractivity contribution in [1.29, 1.82) is 0 Å². The lowest BCUT2D eigenvalue weighted by atomic mass is 10.1. The van der Waals surface area contributed by atoms with Crippen molar-refractivity contribution >= 4 is 84.0 Å². The molecule has 2 heterocycles. The number of carboxylic acids is 1. The molecule has 0 aliphatic carbocycles. The summed E-state index contributed by atoms with van der Waals surface area (Å²) in [5, 5.41) is 18.0. The van der Waals surface area contributed by atoms with Crippen LogP contribution in [0.4, 0.5) is 5.69 Å². The van der Waals surface area contributed by atoms with Crippen LogP contribution in [0, 0.1) is 3.70 Å². The minimum atomic E-state index is -1.25. The number of anilines is 1. The Labute approximate surface area is 305 Å². The van der Waals surface area contributed by atoms with Crippen molar-refractivity contribution < 1.29 is 29.0 Å². The summed E-state index contributed by atoms with van der Waals surface area (Å²) >= 11 is 4.63. The largest absolute Gasteiger partial charge is 0.493 e. The summed E-state index contributed by atoms with van der Waals surface area (Å²) in [6.07, 6.45) is 0.919. The molecular formula is C31H32I2N6O8S. The summed E-state index contributed by atoms with van der Waals surface area (Å²) in [5.41, 5.74) is 2.68. The third-order valence-electron chi connectivity index (χ3n) is 7.04. The molecule has 17 heteroatoms. The number of benzene rings is 2. The predicted molar refractivity (Wildman–Crippen MR) is 197 cm³/mol. The van der Waals surface area contributed by atoms with E-state index < -0.39 is 23.6 Å². The summed E-state index contributed by atoms with van der Waals surface area (Å²) < 4.78 is 8.78. The van der Waals surface area contributed by atoms with Gasteiger partial charge in [-0.3, -0.25) is 23.7 Å². The van der Waals surface area contributed by atoms with Gasteiger partial charge in [-0.25, -0.2) is 13.5 Å². The second-order valence-electron chi connectivity index (χ2n) is 10.5. The van der Waals surface area contributed by atoms with Crippen molar-refractivity contribution in [3.63, 3.8) is 0 Å². The van der Waals surface area contributed by atoms with E-state index in [0.717, 1.165) is 31.2 Å². The van der Waals surface area contributed by atoms with Crippen molar-refractivity contribution in [2.45, 2.75) is 31.7 Å². The van der Waals surface area contributed by atoms with Gasteiger partial charge in [0.25, 0.3) is 5.91 Å². The standard InChI is InChI=1S/C31H32I2N6O8S/c1-38-30(45)39(48-31(38)46)21-4-2-5-22(17-21)47-15-3-13-35-25(40)11-10-24(29(43)44)37-28(42)18-6-8-19(9-7-18)34-14-12-20-16-23(27(33)41)26(32)36-20/h2,4-9,16-17,24,34,36H,3,10-15H2,1H3,(H,35,40)(H,37,42)(H,43,44)/t24-/m1/s1. The van der Waals surface area contributed by atoms with Crippen LogP contribution in [0.15, 0.2) is 64.2 Å². The van der Waals surface area contributed by atoms with Crippen molar-refractivity contribution in [3.8, 4) is 11.4 Å². The highest BCUT2D eigenvalue weighted by Gasteiger charge is 2.22. The Hall–Kier alpha value is -3.98. The molecule has 0 aliphatic heterocycles. The Morgan fingerprint density at radius 3 is 2.46 bits per heavy atom. The van der Waals surface area contributed by atoms with Crippen LogP contribution in [0.25, 0.3) is 5.69 Å². The van der Waals surface area contributed by atoms with E-state index in [0.29, 0.717) is 36.4 Å². The van der Waals surface area contributed by atoms with Gasteiger partial charge < -0.3 is 30.8 Å². The number of halogens is 2. The number of aliphatic carboxylic acids is 1. The molecule has 254 valence electrons. The third kappa shape index (κ3) is 10.3. The molecule has 2 aromatic heterocycles. The van der Waals surface area contributed by atoms with Crippen LogP contribution in [-0.4, -0.2) is 65.9 Å². The lowest BCUT2D eigenvalue weighted by Crippen LogP contribution is -2.41. The molecular weight excluding hydrogens is 870 g/mol. The number of H-pyrrole nitrogens is 1. The fourth-order valence-corrected chi connectivity index (χ4v) is 6.91. The SMILES string of the molecule is Cn1c(=O)sn(-c2cccc(OCCCNC(=O)CC[C@@H](NC(=O)c3ccc(NCCc4cc(C(=O)I)c(I)[nH]4)cc3)C(=O)O)c2)c1=O.